The number of hydrogen-bond donors (Lipinski definition) is 2. The van der Waals surface area contributed by atoms with Crippen molar-refractivity contribution in [2.45, 2.75) is 50.7 Å². The van der Waals surface area contributed by atoms with Crippen molar-refractivity contribution in [1.29, 1.82) is 0 Å². The summed E-state index contributed by atoms with van der Waals surface area (Å²) in [5, 5.41) is 3.65. The first-order valence-electron chi connectivity index (χ1n) is 9.16. The molecule has 2 atom stereocenters. The first-order valence-corrected chi connectivity index (χ1v) is 9.16. The predicted octanol–water partition coefficient (Wildman–Crippen LogP) is 3.22. The molecule has 0 bridgehead atoms. The Kier molecular flexibility index (Phi) is 4.49. The summed E-state index contributed by atoms with van der Waals surface area (Å²) in [6.45, 7) is 1.71. The monoisotopic (exact) mass is 339 g/mol. The van der Waals surface area contributed by atoms with Gasteiger partial charge in [-0.05, 0) is 56.0 Å². The number of nitrogens with zero attached hydrogens (tertiary/aromatic N) is 1. The molecule has 0 spiro atoms. The Hall–Kier alpha value is -2.27. The van der Waals surface area contributed by atoms with Crippen LogP contribution in [0.2, 0.25) is 0 Å². The van der Waals surface area contributed by atoms with Gasteiger partial charge in [0.2, 0.25) is 5.91 Å². The van der Waals surface area contributed by atoms with E-state index in [1.807, 2.05) is 0 Å². The third-order valence-corrected chi connectivity index (χ3v) is 5.40. The Morgan fingerprint density at radius 1 is 1.28 bits per heavy atom. The van der Waals surface area contributed by atoms with E-state index in [9.17, 15) is 4.79 Å². The second kappa shape index (κ2) is 6.92. The Morgan fingerprint density at radius 2 is 2.20 bits per heavy atom. The summed E-state index contributed by atoms with van der Waals surface area (Å²) in [5.41, 5.74) is 9.14. The Bertz CT molecular complexity index is 755. The fourth-order valence-electron chi connectivity index (χ4n) is 4.17. The van der Waals surface area contributed by atoms with Crippen molar-refractivity contribution in [3.63, 3.8) is 0 Å². The average Bonchev–Trinajstić information content (AvgIpc) is 3.24. The van der Waals surface area contributed by atoms with Crippen LogP contribution in [0.3, 0.4) is 0 Å². The molecule has 1 aromatic heterocycles. The summed E-state index contributed by atoms with van der Waals surface area (Å²) in [6, 6.07) is 10.7. The lowest BCUT2D eigenvalue weighted by Crippen LogP contribution is -2.39. The largest absolute Gasteiger partial charge is 0.469 e. The van der Waals surface area contributed by atoms with Crippen molar-refractivity contribution in [3.05, 3.63) is 53.5 Å². The highest BCUT2D eigenvalue weighted by Gasteiger charge is 2.29. The second-order valence-electron chi connectivity index (χ2n) is 7.12. The van der Waals surface area contributed by atoms with E-state index in [2.05, 4.69) is 40.5 Å². The average molecular weight is 339 g/mol. The summed E-state index contributed by atoms with van der Waals surface area (Å²) in [5.74, 6) is 0.905. The minimum atomic E-state index is -0.207. The maximum Gasteiger partial charge on any atom is 0.234 e. The number of nitrogens with one attached hydrogen (secondary N) is 1. The molecule has 1 aliphatic heterocycles. The first kappa shape index (κ1) is 16.2. The van der Waals surface area contributed by atoms with Crippen molar-refractivity contribution in [1.82, 2.24) is 4.90 Å². The predicted molar refractivity (Wildman–Crippen MR) is 97.1 cm³/mol. The highest BCUT2D eigenvalue weighted by atomic mass is 16.3. The number of likely N-dealkylation sites (tertiary alicyclic amines) is 1. The summed E-state index contributed by atoms with van der Waals surface area (Å²) in [7, 11) is 0. The van der Waals surface area contributed by atoms with Crippen LogP contribution in [0.25, 0.3) is 0 Å². The number of furan rings is 1. The number of carbonyl (C=O) groups is 1. The number of aryl methyl sites for hydroxylation is 1. The lowest BCUT2D eigenvalue weighted by Gasteiger charge is -2.25. The lowest BCUT2D eigenvalue weighted by atomic mass is 9.93. The number of benzene rings is 1. The SMILES string of the molecule is NC(=O)[C@@H]1CCCN1Cc1cccc(N[C@H]2CCCc3occc32)c1. The molecule has 132 valence electrons. The van der Waals surface area contributed by atoms with Gasteiger partial charge in [0.25, 0.3) is 0 Å². The minimum absolute atomic E-state index is 0.122. The van der Waals surface area contributed by atoms with Gasteiger partial charge in [0.05, 0.1) is 18.3 Å². The molecule has 0 saturated carbocycles. The van der Waals surface area contributed by atoms with Gasteiger partial charge in [0, 0.05) is 24.2 Å². The molecule has 0 unspecified atom stereocenters. The van der Waals surface area contributed by atoms with Crippen LogP contribution in [0.5, 0.6) is 0 Å². The van der Waals surface area contributed by atoms with Gasteiger partial charge >= 0.3 is 0 Å². The molecule has 1 fully saturated rings. The minimum Gasteiger partial charge on any atom is -0.469 e. The van der Waals surface area contributed by atoms with Gasteiger partial charge < -0.3 is 15.5 Å². The van der Waals surface area contributed by atoms with Crippen LogP contribution in [-0.4, -0.2) is 23.4 Å². The van der Waals surface area contributed by atoms with Crippen LogP contribution in [0.4, 0.5) is 5.69 Å². The number of primary amides is 1. The summed E-state index contributed by atoms with van der Waals surface area (Å²) in [4.78, 5) is 13.8. The van der Waals surface area contributed by atoms with Crippen molar-refractivity contribution < 1.29 is 9.21 Å². The van der Waals surface area contributed by atoms with Crippen molar-refractivity contribution in [2.24, 2.45) is 5.73 Å². The van der Waals surface area contributed by atoms with E-state index in [0.29, 0.717) is 6.04 Å². The van der Waals surface area contributed by atoms with Crippen LogP contribution >= 0.6 is 0 Å². The van der Waals surface area contributed by atoms with Crippen LogP contribution in [-0.2, 0) is 17.8 Å². The van der Waals surface area contributed by atoms with E-state index >= 15 is 0 Å². The molecule has 5 heteroatoms. The third kappa shape index (κ3) is 3.42. The highest BCUT2D eigenvalue weighted by molar-refractivity contribution is 5.80. The van der Waals surface area contributed by atoms with Crippen LogP contribution < -0.4 is 11.1 Å². The van der Waals surface area contributed by atoms with Gasteiger partial charge in [-0.25, -0.2) is 0 Å². The smallest absolute Gasteiger partial charge is 0.234 e. The zero-order chi connectivity index (χ0) is 17.2. The summed E-state index contributed by atoms with van der Waals surface area (Å²) in [6.07, 6.45) is 7.00. The van der Waals surface area contributed by atoms with Gasteiger partial charge in [-0.1, -0.05) is 12.1 Å². The van der Waals surface area contributed by atoms with E-state index in [1.165, 1.54) is 11.1 Å². The molecule has 25 heavy (non-hydrogen) atoms. The highest BCUT2D eigenvalue weighted by Crippen LogP contribution is 2.33. The van der Waals surface area contributed by atoms with Gasteiger partial charge in [0.15, 0.2) is 0 Å². The number of nitrogens with two attached hydrogens (primary N) is 1. The molecule has 4 rings (SSSR count). The molecule has 2 aliphatic rings. The summed E-state index contributed by atoms with van der Waals surface area (Å²) >= 11 is 0. The molecule has 2 aromatic rings. The molecular weight excluding hydrogens is 314 g/mol. The Balaban J connectivity index is 1.46. The second-order valence-corrected chi connectivity index (χ2v) is 7.12. The molecule has 1 saturated heterocycles. The van der Waals surface area contributed by atoms with Crippen molar-refractivity contribution >= 4 is 11.6 Å². The molecule has 1 amide bonds. The number of carbonyl (C=O) groups excluding carboxylic acids is 1. The van der Waals surface area contributed by atoms with Gasteiger partial charge in [0.1, 0.15) is 5.76 Å². The van der Waals surface area contributed by atoms with Crippen LogP contribution in [0, 0.1) is 0 Å². The van der Waals surface area contributed by atoms with Crippen molar-refractivity contribution in [2.75, 3.05) is 11.9 Å². The van der Waals surface area contributed by atoms with E-state index in [-0.39, 0.29) is 11.9 Å². The standard InChI is InChI=1S/C20H25N3O2/c21-20(24)18-7-3-10-23(18)13-14-4-1-5-15(12-14)22-17-6-2-8-19-16(17)9-11-25-19/h1,4-5,9,11-12,17-18,22H,2-3,6-8,10,13H2,(H2,21,24)/t17-,18-/m0/s1. The van der Waals surface area contributed by atoms with E-state index in [4.69, 9.17) is 10.2 Å². The third-order valence-electron chi connectivity index (χ3n) is 5.40. The summed E-state index contributed by atoms with van der Waals surface area (Å²) < 4.78 is 5.58. The maximum absolute atomic E-state index is 11.6. The number of amides is 1. The normalized spacial score (nSPS) is 23.4. The fourth-order valence-corrected chi connectivity index (χ4v) is 4.17. The molecule has 5 nitrogen and oxygen atoms in total. The maximum atomic E-state index is 11.6. The topological polar surface area (TPSA) is 71.5 Å². The molecule has 0 radical (unpaired) electrons. The number of hydrogen-bond acceptors (Lipinski definition) is 4. The van der Waals surface area contributed by atoms with Crippen LogP contribution in [0.1, 0.15) is 48.6 Å². The zero-order valence-electron chi connectivity index (χ0n) is 14.4. The van der Waals surface area contributed by atoms with E-state index in [0.717, 1.165) is 56.6 Å². The molecule has 1 aliphatic carbocycles. The van der Waals surface area contributed by atoms with E-state index < -0.39 is 0 Å². The Morgan fingerprint density at radius 3 is 3.08 bits per heavy atom. The van der Waals surface area contributed by atoms with Gasteiger partial charge in [-0.15, -0.1) is 0 Å². The van der Waals surface area contributed by atoms with Crippen LogP contribution in [0.15, 0.2) is 41.0 Å². The number of fused-ring (bicyclic) bond motifs is 1. The molecule has 1 aromatic carbocycles. The molecule has 2 heterocycles. The van der Waals surface area contributed by atoms with Gasteiger partial charge in [-0.2, -0.15) is 0 Å². The van der Waals surface area contributed by atoms with Crippen molar-refractivity contribution in [3.8, 4) is 0 Å². The number of anilines is 1. The first-order chi connectivity index (χ1) is 12.2. The van der Waals surface area contributed by atoms with Gasteiger partial charge in [-0.3, -0.25) is 9.69 Å². The number of rotatable bonds is 5. The van der Waals surface area contributed by atoms with E-state index in [1.54, 1.807) is 6.26 Å². The fraction of sp³-hybridized carbons (Fsp3) is 0.450. The zero-order valence-corrected chi connectivity index (χ0v) is 14.4. The molecular formula is C20H25N3O2. The quantitative estimate of drug-likeness (QED) is 0.877. The Labute approximate surface area is 148 Å². The lowest BCUT2D eigenvalue weighted by molar-refractivity contribution is -0.122. The molecule has 3 N–H and O–H groups in total.